The van der Waals surface area contributed by atoms with E-state index < -0.39 is 143 Å². The lowest BCUT2D eigenvalue weighted by atomic mass is 9.97. The van der Waals surface area contributed by atoms with E-state index in [0.29, 0.717) is 0 Å². The second kappa shape index (κ2) is 14.7. The third-order valence-corrected chi connectivity index (χ3v) is 7.79. The van der Waals surface area contributed by atoms with Crippen LogP contribution in [0.1, 0.15) is 0 Å². The van der Waals surface area contributed by atoms with Crippen molar-refractivity contribution in [3.8, 4) is 0 Å². The molecule has 0 aromatic heterocycles. The van der Waals surface area contributed by atoms with Crippen LogP contribution in [-0.2, 0) is 33.2 Å². The Balaban J connectivity index is 1.43. The molecule has 19 atom stereocenters. The van der Waals surface area contributed by atoms with Gasteiger partial charge in [0.1, 0.15) is 91.6 Å². The monoisotopic (exact) mass is 636 g/mol. The van der Waals surface area contributed by atoms with Crippen molar-refractivity contribution in [1.29, 1.82) is 0 Å². The van der Waals surface area contributed by atoms with Gasteiger partial charge in [-0.05, 0) is 0 Å². The summed E-state index contributed by atoms with van der Waals surface area (Å²) in [5, 5.41) is 131. The highest BCUT2D eigenvalue weighted by Crippen LogP contribution is 2.31. The highest BCUT2D eigenvalue weighted by atomic mass is 16.8. The van der Waals surface area contributed by atoms with Crippen LogP contribution >= 0.6 is 0 Å². The van der Waals surface area contributed by atoms with Crippen molar-refractivity contribution >= 4 is 0 Å². The molecule has 4 saturated heterocycles. The van der Waals surface area contributed by atoms with E-state index in [-0.39, 0.29) is 0 Å². The molecule has 0 radical (unpaired) electrons. The van der Waals surface area contributed by atoms with E-state index >= 15 is 0 Å². The molecule has 0 aromatic rings. The fraction of sp³-hybridized carbons (Fsp3) is 1.00. The summed E-state index contributed by atoms with van der Waals surface area (Å²) >= 11 is 0. The van der Waals surface area contributed by atoms with E-state index in [1.54, 1.807) is 0 Å². The predicted octanol–water partition coefficient (Wildman–Crippen LogP) is -9.11. The minimum atomic E-state index is -1.92. The average molecular weight is 637 g/mol. The fourth-order valence-electron chi connectivity index (χ4n) is 5.14. The summed E-state index contributed by atoms with van der Waals surface area (Å²) in [4.78, 5) is 0. The van der Waals surface area contributed by atoms with E-state index in [2.05, 4.69) is 0 Å². The fourth-order valence-corrected chi connectivity index (χ4v) is 5.14. The predicted molar refractivity (Wildman–Crippen MR) is 128 cm³/mol. The lowest BCUT2D eigenvalue weighted by Crippen LogP contribution is -2.65. The van der Waals surface area contributed by atoms with Crippen LogP contribution in [0.25, 0.3) is 0 Å². The summed E-state index contributed by atoms with van der Waals surface area (Å²) in [6, 6.07) is 0. The summed E-state index contributed by atoms with van der Waals surface area (Å²) in [5.74, 6) is 0. The molecule has 0 saturated carbocycles. The summed E-state index contributed by atoms with van der Waals surface area (Å²) in [7, 11) is 0. The van der Waals surface area contributed by atoms with Crippen molar-refractivity contribution in [2.24, 2.45) is 0 Å². The van der Waals surface area contributed by atoms with Crippen molar-refractivity contribution in [3.05, 3.63) is 0 Å². The Hall–Kier alpha value is -0.800. The highest BCUT2D eigenvalue weighted by molar-refractivity contribution is 4.95. The Morgan fingerprint density at radius 2 is 1.02 bits per heavy atom. The van der Waals surface area contributed by atoms with Gasteiger partial charge in [0, 0.05) is 0 Å². The van der Waals surface area contributed by atoms with Crippen LogP contribution in [0, 0.1) is 0 Å². The maximum Gasteiger partial charge on any atom is 0.187 e. The van der Waals surface area contributed by atoms with Gasteiger partial charge in [-0.1, -0.05) is 0 Å². The van der Waals surface area contributed by atoms with Crippen molar-refractivity contribution < 1.29 is 99.5 Å². The van der Waals surface area contributed by atoms with Gasteiger partial charge in [0.25, 0.3) is 0 Å². The SMILES string of the molecule is OC[C@H]1O[C@@H](O[C@H]2[C@@H](OC[C@H]3O[C@@H](O[C@H]4[C@H](O)[C@@H](O)C(O)O[C@@H]4CO)[C@H](O)[C@@H](O)[C@@H]3O)OC[C@@H](O)[C@@H]2O)[C@H](O)[C@@H](O)[C@H]1O. The van der Waals surface area contributed by atoms with Crippen molar-refractivity contribution in [1.82, 2.24) is 0 Å². The molecule has 1 unspecified atom stereocenters. The third-order valence-electron chi connectivity index (χ3n) is 7.79. The smallest absolute Gasteiger partial charge is 0.187 e. The number of ether oxygens (including phenoxy) is 7. The topological polar surface area (TPSA) is 328 Å². The zero-order chi connectivity index (χ0) is 31.7. The molecule has 0 spiro atoms. The highest BCUT2D eigenvalue weighted by Gasteiger charge is 2.52. The molecule has 4 fully saturated rings. The Bertz CT molecular complexity index is 867. The van der Waals surface area contributed by atoms with Crippen molar-refractivity contribution in [2.45, 2.75) is 117 Å². The molecule has 4 heterocycles. The van der Waals surface area contributed by atoms with E-state index in [1.807, 2.05) is 0 Å². The molecule has 0 bridgehead atoms. The van der Waals surface area contributed by atoms with E-state index in [1.165, 1.54) is 0 Å². The van der Waals surface area contributed by atoms with Crippen molar-refractivity contribution in [3.63, 3.8) is 0 Å². The Morgan fingerprint density at radius 3 is 1.60 bits per heavy atom. The number of hydrogen-bond acceptors (Lipinski definition) is 20. The van der Waals surface area contributed by atoms with Gasteiger partial charge in [-0.15, -0.1) is 0 Å². The molecular weight excluding hydrogens is 596 g/mol. The summed E-state index contributed by atoms with van der Waals surface area (Å²) in [6.45, 7) is -2.71. The first-order valence-corrected chi connectivity index (χ1v) is 13.5. The summed E-state index contributed by atoms with van der Waals surface area (Å²) < 4.78 is 37.7. The molecular formula is C23H40O20. The van der Waals surface area contributed by atoms with Gasteiger partial charge in [0.05, 0.1) is 26.4 Å². The van der Waals surface area contributed by atoms with E-state index in [4.69, 9.17) is 33.2 Å². The number of aliphatic hydroxyl groups excluding tert-OH is 13. The molecule has 4 aliphatic heterocycles. The van der Waals surface area contributed by atoms with Crippen LogP contribution in [0.5, 0.6) is 0 Å². The quantitative estimate of drug-likeness (QED) is 0.112. The standard InChI is InChI=1S/C23H40O20/c24-1-6-10(28)12(30)16(34)21(40-6)43-19-9(27)5(26)3-37-23(19)38-4-8-11(29)13(31)17(35)22(41-8)42-18-7(2-25)39-20(36)15(33)14(18)32/h5-36H,1-4H2/t5-,6-,7-,8-,9+,10+,11-,12+,13+,14-,15-,16-,17-,18-,19-,20?,21+,22+,23-/m1/s1. The van der Waals surface area contributed by atoms with Crippen LogP contribution in [0.3, 0.4) is 0 Å². The second-order valence-corrected chi connectivity index (χ2v) is 10.7. The number of rotatable bonds is 9. The van der Waals surface area contributed by atoms with Gasteiger partial charge in [0.2, 0.25) is 0 Å². The summed E-state index contributed by atoms with van der Waals surface area (Å²) in [5.41, 5.74) is 0. The Morgan fingerprint density at radius 1 is 0.488 bits per heavy atom. The van der Waals surface area contributed by atoms with Crippen LogP contribution in [-0.4, -0.2) is 210 Å². The molecule has 20 heteroatoms. The van der Waals surface area contributed by atoms with Gasteiger partial charge in [-0.2, -0.15) is 0 Å². The van der Waals surface area contributed by atoms with Gasteiger partial charge < -0.3 is 99.5 Å². The van der Waals surface area contributed by atoms with Crippen LogP contribution in [0.2, 0.25) is 0 Å². The Kier molecular flexibility index (Phi) is 12.0. The van der Waals surface area contributed by atoms with Gasteiger partial charge in [-0.25, -0.2) is 0 Å². The van der Waals surface area contributed by atoms with Gasteiger partial charge in [0.15, 0.2) is 25.2 Å². The van der Waals surface area contributed by atoms with Crippen LogP contribution < -0.4 is 0 Å². The minimum Gasteiger partial charge on any atom is -0.394 e. The largest absolute Gasteiger partial charge is 0.394 e. The zero-order valence-corrected chi connectivity index (χ0v) is 22.5. The zero-order valence-electron chi connectivity index (χ0n) is 22.5. The number of hydrogen-bond donors (Lipinski definition) is 13. The van der Waals surface area contributed by atoms with Crippen molar-refractivity contribution in [2.75, 3.05) is 26.4 Å². The average Bonchev–Trinajstić information content (AvgIpc) is 2.99. The lowest BCUT2D eigenvalue weighted by Gasteiger charge is -2.46. The summed E-state index contributed by atoms with van der Waals surface area (Å²) in [6.07, 6.45) is -32.5. The van der Waals surface area contributed by atoms with Gasteiger partial charge >= 0.3 is 0 Å². The maximum atomic E-state index is 10.6. The van der Waals surface area contributed by atoms with Gasteiger partial charge in [-0.3, -0.25) is 0 Å². The first kappa shape index (κ1) is 35.1. The van der Waals surface area contributed by atoms with E-state index in [9.17, 15) is 66.4 Å². The van der Waals surface area contributed by atoms with Crippen LogP contribution in [0.15, 0.2) is 0 Å². The Labute approximate surface area is 243 Å². The molecule has 4 aliphatic rings. The first-order valence-electron chi connectivity index (χ1n) is 13.5. The maximum absolute atomic E-state index is 10.6. The lowest BCUT2D eigenvalue weighted by molar-refractivity contribution is -0.370. The molecule has 0 amide bonds. The molecule has 0 aromatic carbocycles. The number of aliphatic hydroxyl groups is 13. The van der Waals surface area contributed by atoms with Crippen LogP contribution in [0.4, 0.5) is 0 Å². The molecule has 20 nitrogen and oxygen atoms in total. The minimum absolute atomic E-state index is 0.474. The molecule has 252 valence electrons. The molecule has 4 rings (SSSR count). The first-order chi connectivity index (χ1) is 20.3. The molecule has 13 N–H and O–H groups in total. The normalized spacial score (nSPS) is 53.1. The van der Waals surface area contributed by atoms with E-state index in [0.717, 1.165) is 0 Å². The molecule has 43 heavy (non-hydrogen) atoms. The molecule has 0 aliphatic carbocycles. The second-order valence-electron chi connectivity index (χ2n) is 10.7. The third kappa shape index (κ3) is 7.29.